The number of rotatable bonds is 4. The van der Waals surface area contributed by atoms with Gasteiger partial charge in [-0.25, -0.2) is 9.50 Å². The number of nitrogens with zero attached hydrogens (tertiary/aromatic N) is 5. The maximum absolute atomic E-state index is 9.37. The normalized spacial score (nSPS) is 14.4. The lowest BCUT2D eigenvalue weighted by atomic mass is 10.0. The summed E-state index contributed by atoms with van der Waals surface area (Å²) in [7, 11) is 0. The van der Waals surface area contributed by atoms with Crippen molar-refractivity contribution in [1.29, 1.82) is 5.26 Å². The number of hydrogen-bond donors (Lipinski definition) is 1. The fraction of sp³-hybridized carbons (Fsp3) is 0.250. The molecule has 5 rings (SSSR count). The standard InChI is InChI=1S/C24H21ClN6O/c1-15-11-18(13-20(25)28-15)22-23(17-4-2-3-16(12-17)14-26)30-31-10-7-21(29-24(22)31)32-19-5-8-27-9-6-19/h2-4,7,10-13,19,27H,5-6,8-9H2,1H3. The Labute approximate surface area is 190 Å². The zero-order chi connectivity index (χ0) is 22.1. The highest BCUT2D eigenvalue weighted by atomic mass is 35.5. The van der Waals surface area contributed by atoms with E-state index in [1.807, 2.05) is 49.5 Å². The van der Waals surface area contributed by atoms with Gasteiger partial charge in [0.05, 0.1) is 17.2 Å². The van der Waals surface area contributed by atoms with Crippen LogP contribution in [0.3, 0.4) is 0 Å². The number of fused-ring (bicyclic) bond motifs is 1. The molecule has 0 radical (unpaired) electrons. The highest BCUT2D eigenvalue weighted by Gasteiger charge is 2.21. The minimum absolute atomic E-state index is 0.141. The van der Waals surface area contributed by atoms with Crippen molar-refractivity contribution >= 4 is 17.2 Å². The van der Waals surface area contributed by atoms with Crippen molar-refractivity contribution < 1.29 is 4.74 Å². The van der Waals surface area contributed by atoms with E-state index in [1.165, 1.54) is 0 Å². The second kappa shape index (κ2) is 8.58. The van der Waals surface area contributed by atoms with Gasteiger partial charge in [0.1, 0.15) is 17.0 Å². The minimum Gasteiger partial charge on any atom is -0.474 e. The maximum atomic E-state index is 9.37. The Hall–Kier alpha value is -3.47. The molecule has 1 N–H and O–H groups in total. The van der Waals surface area contributed by atoms with Crippen molar-refractivity contribution in [2.24, 2.45) is 0 Å². The van der Waals surface area contributed by atoms with Gasteiger partial charge in [-0.15, -0.1) is 0 Å². The van der Waals surface area contributed by atoms with Gasteiger partial charge in [0.2, 0.25) is 5.88 Å². The number of aryl methyl sites for hydroxylation is 1. The number of nitriles is 1. The lowest BCUT2D eigenvalue weighted by Gasteiger charge is -2.23. The van der Waals surface area contributed by atoms with E-state index in [2.05, 4.69) is 16.4 Å². The molecular formula is C24H21ClN6O. The van der Waals surface area contributed by atoms with E-state index in [0.717, 1.165) is 54.0 Å². The Morgan fingerprint density at radius 1 is 1.12 bits per heavy atom. The zero-order valence-corrected chi connectivity index (χ0v) is 18.3. The van der Waals surface area contributed by atoms with Gasteiger partial charge in [0.15, 0.2) is 5.65 Å². The summed E-state index contributed by atoms with van der Waals surface area (Å²) in [6.07, 6.45) is 3.89. The van der Waals surface area contributed by atoms with Gasteiger partial charge in [0.25, 0.3) is 0 Å². The highest BCUT2D eigenvalue weighted by Crippen LogP contribution is 2.36. The fourth-order valence-electron chi connectivity index (χ4n) is 4.04. The Balaban J connectivity index is 1.69. The Kier molecular flexibility index (Phi) is 5.48. The largest absolute Gasteiger partial charge is 0.474 e. The second-order valence-electron chi connectivity index (χ2n) is 7.84. The Morgan fingerprint density at radius 3 is 2.75 bits per heavy atom. The van der Waals surface area contributed by atoms with Crippen LogP contribution >= 0.6 is 11.6 Å². The van der Waals surface area contributed by atoms with Crippen LogP contribution in [-0.4, -0.2) is 38.8 Å². The van der Waals surface area contributed by atoms with Crippen LogP contribution in [0.4, 0.5) is 0 Å². The number of hydrogen-bond acceptors (Lipinski definition) is 6. The van der Waals surface area contributed by atoms with E-state index in [9.17, 15) is 5.26 Å². The van der Waals surface area contributed by atoms with Crippen LogP contribution in [0, 0.1) is 18.3 Å². The van der Waals surface area contributed by atoms with Crippen LogP contribution in [0.5, 0.6) is 5.88 Å². The van der Waals surface area contributed by atoms with Crippen LogP contribution < -0.4 is 10.1 Å². The van der Waals surface area contributed by atoms with Gasteiger partial charge >= 0.3 is 0 Å². The summed E-state index contributed by atoms with van der Waals surface area (Å²) in [6.45, 7) is 3.79. The molecule has 0 amide bonds. The van der Waals surface area contributed by atoms with Crippen LogP contribution in [-0.2, 0) is 0 Å². The number of halogens is 1. The second-order valence-corrected chi connectivity index (χ2v) is 8.22. The van der Waals surface area contributed by atoms with Crippen LogP contribution in [0.1, 0.15) is 24.1 Å². The highest BCUT2D eigenvalue weighted by molar-refractivity contribution is 6.29. The van der Waals surface area contributed by atoms with E-state index >= 15 is 0 Å². The van der Waals surface area contributed by atoms with E-state index in [-0.39, 0.29) is 6.10 Å². The topological polar surface area (TPSA) is 88.1 Å². The predicted octanol–water partition coefficient (Wildman–Crippen LogP) is 4.42. The lowest BCUT2D eigenvalue weighted by molar-refractivity contribution is 0.156. The molecule has 0 unspecified atom stereocenters. The van der Waals surface area contributed by atoms with Crippen molar-refractivity contribution in [2.45, 2.75) is 25.9 Å². The molecule has 32 heavy (non-hydrogen) atoms. The Morgan fingerprint density at radius 2 is 1.97 bits per heavy atom. The molecule has 4 heterocycles. The number of nitrogens with one attached hydrogen (secondary N) is 1. The fourth-order valence-corrected chi connectivity index (χ4v) is 4.29. The zero-order valence-electron chi connectivity index (χ0n) is 17.5. The average Bonchev–Trinajstić information content (AvgIpc) is 3.18. The van der Waals surface area contributed by atoms with E-state index in [1.54, 1.807) is 10.6 Å². The molecule has 7 nitrogen and oxygen atoms in total. The van der Waals surface area contributed by atoms with Crippen molar-refractivity contribution in [3.63, 3.8) is 0 Å². The minimum atomic E-state index is 0.141. The monoisotopic (exact) mass is 444 g/mol. The molecule has 0 atom stereocenters. The van der Waals surface area contributed by atoms with Crippen molar-refractivity contribution in [2.75, 3.05) is 13.1 Å². The van der Waals surface area contributed by atoms with Crippen molar-refractivity contribution in [3.8, 4) is 34.3 Å². The summed E-state index contributed by atoms with van der Waals surface area (Å²) in [5, 5.41) is 17.9. The summed E-state index contributed by atoms with van der Waals surface area (Å²) in [5.41, 5.74) is 5.26. The smallest absolute Gasteiger partial charge is 0.217 e. The van der Waals surface area contributed by atoms with Gasteiger partial charge in [-0.1, -0.05) is 23.7 Å². The van der Waals surface area contributed by atoms with Gasteiger partial charge < -0.3 is 10.1 Å². The van der Waals surface area contributed by atoms with Crippen molar-refractivity contribution in [3.05, 3.63) is 65.1 Å². The predicted molar refractivity (Wildman–Crippen MR) is 123 cm³/mol. The number of aromatic nitrogens is 4. The first-order valence-electron chi connectivity index (χ1n) is 10.5. The molecule has 3 aromatic heterocycles. The molecule has 1 aromatic carbocycles. The van der Waals surface area contributed by atoms with Gasteiger partial charge in [-0.2, -0.15) is 15.3 Å². The lowest BCUT2D eigenvalue weighted by Crippen LogP contribution is -2.34. The van der Waals surface area contributed by atoms with Gasteiger partial charge in [0, 0.05) is 23.5 Å². The molecule has 8 heteroatoms. The molecule has 1 saturated heterocycles. The summed E-state index contributed by atoms with van der Waals surface area (Å²) in [5.74, 6) is 0.569. The molecule has 0 bridgehead atoms. The molecule has 160 valence electrons. The number of benzene rings is 1. The molecule has 0 saturated carbocycles. The third-order valence-corrected chi connectivity index (χ3v) is 5.70. The van der Waals surface area contributed by atoms with Crippen molar-refractivity contribution in [1.82, 2.24) is 24.9 Å². The third-order valence-electron chi connectivity index (χ3n) is 5.51. The van der Waals surface area contributed by atoms with Crippen LogP contribution in [0.15, 0.2) is 48.7 Å². The third kappa shape index (κ3) is 4.03. The molecule has 4 aromatic rings. The summed E-state index contributed by atoms with van der Waals surface area (Å²) in [6, 6.07) is 15.2. The molecule has 1 aliphatic heterocycles. The first kappa shape index (κ1) is 20.4. The Bertz CT molecular complexity index is 1320. The molecular weight excluding hydrogens is 424 g/mol. The van der Waals surface area contributed by atoms with E-state index in [0.29, 0.717) is 22.2 Å². The molecule has 1 aliphatic rings. The number of piperidine rings is 1. The quantitative estimate of drug-likeness (QED) is 0.469. The summed E-state index contributed by atoms with van der Waals surface area (Å²) in [4.78, 5) is 9.12. The average molecular weight is 445 g/mol. The number of ether oxygens (including phenoxy) is 1. The summed E-state index contributed by atoms with van der Waals surface area (Å²) >= 11 is 6.29. The van der Waals surface area contributed by atoms with Gasteiger partial charge in [-0.3, -0.25) is 0 Å². The molecule has 0 aliphatic carbocycles. The van der Waals surface area contributed by atoms with Gasteiger partial charge in [-0.05, 0) is 62.7 Å². The first-order valence-corrected chi connectivity index (χ1v) is 10.9. The van der Waals surface area contributed by atoms with E-state index in [4.69, 9.17) is 26.4 Å². The molecule has 1 fully saturated rings. The number of pyridine rings is 1. The van der Waals surface area contributed by atoms with E-state index < -0.39 is 0 Å². The maximum Gasteiger partial charge on any atom is 0.217 e. The van der Waals surface area contributed by atoms with Crippen LogP contribution in [0.2, 0.25) is 5.15 Å². The summed E-state index contributed by atoms with van der Waals surface area (Å²) < 4.78 is 7.92. The molecule has 0 spiro atoms. The first-order chi connectivity index (χ1) is 15.6. The van der Waals surface area contributed by atoms with Crippen LogP contribution in [0.25, 0.3) is 28.0 Å². The SMILES string of the molecule is Cc1cc(-c2c(-c3cccc(C#N)c3)nn3ccc(OC4CCNCC4)nc23)cc(Cl)n1.